The lowest BCUT2D eigenvalue weighted by atomic mass is 10.1. The number of rotatable bonds is 6. The maximum absolute atomic E-state index is 12.5. The lowest BCUT2D eigenvalue weighted by Crippen LogP contribution is -2.48. The molecule has 0 saturated carbocycles. The van der Waals surface area contributed by atoms with Crippen LogP contribution in [-0.2, 0) is 14.8 Å². The molecular formula is C19H29N3O5S. The summed E-state index contributed by atoms with van der Waals surface area (Å²) < 4.78 is 37.8. The quantitative estimate of drug-likeness (QED) is 0.748. The first kappa shape index (κ1) is 20.9. The maximum Gasteiger partial charge on any atom is 0.321 e. The van der Waals surface area contributed by atoms with Crippen molar-refractivity contribution in [1.29, 1.82) is 0 Å². The van der Waals surface area contributed by atoms with Gasteiger partial charge < -0.3 is 19.7 Å². The fraction of sp³-hybridized carbons (Fsp3) is 0.632. The number of amides is 2. The van der Waals surface area contributed by atoms with Crippen molar-refractivity contribution < 1.29 is 22.7 Å². The van der Waals surface area contributed by atoms with Gasteiger partial charge in [-0.25, -0.2) is 17.9 Å². The number of carbonyl (C=O) groups excluding carboxylic acids is 1. The second kappa shape index (κ2) is 9.11. The van der Waals surface area contributed by atoms with E-state index in [2.05, 4.69) is 10.0 Å². The maximum atomic E-state index is 12.5. The van der Waals surface area contributed by atoms with Crippen molar-refractivity contribution in [2.45, 2.75) is 50.5 Å². The molecule has 2 saturated heterocycles. The van der Waals surface area contributed by atoms with Gasteiger partial charge in [-0.3, -0.25) is 0 Å². The molecule has 8 nitrogen and oxygen atoms in total. The van der Waals surface area contributed by atoms with Crippen LogP contribution in [0.25, 0.3) is 0 Å². The van der Waals surface area contributed by atoms with E-state index < -0.39 is 15.3 Å². The Morgan fingerprint density at radius 3 is 2.43 bits per heavy atom. The van der Waals surface area contributed by atoms with Crippen molar-refractivity contribution in [3.05, 3.63) is 24.3 Å². The molecule has 3 rings (SSSR count). The van der Waals surface area contributed by atoms with Crippen LogP contribution in [0.5, 0.6) is 5.75 Å². The molecule has 2 amide bonds. The zero-order valence-electron chi connectivity index (χ0n) is 16.4. The van der Waals surface area contributed by atoms with Crippen molar-refractivity contribution in [2.24, 2.45) is 0 Å². The lowest BCUT2D eigenvalue weighted by molar-refractivity contribution is 0.141. The van der Waals surface area contributed by atoms with Crippen LogP contribution in [0.15, 0.2) is 24.3 Å². The van der Waals surface area contributed by atoms with Crippen LogP contribution in [0.1, 0.15) is 33.1 Å². The van der Waals surface area contributed by atoms with Gasteiger partial charge in [0.1, 0.15) is 11.9 Å². The van der Waals surface area contributed by atoms with Crippen LogP contribution in [-0.4, -0.2) is 63.0 Å². The summed E-state index contributed by atoms with van der Waals surface area (Å²) in [5.74, 6) is 0.756. The predicted molar refractivity (Wildman–Crippen MR) is 107 cm³/mol. The molecule has 9 heteroatoms. The van der Waals surface area contributed by atoms with Gasteiger partial charge in [0.25, 0.3) is 0 Å². The zero-order chi connectivity index (χ0) is 20.1. The smallest absolute Gasteiger partial charge is 0.321 e. The number of piperidine rings is 1. The molecule has 2 aliphatic heterocycles. The van der Waals surface area contributed by atoms with E-state index in [1.165, 1.54) is 0 Å². The third-order valence-corrected chi connectivity index (χ3v) is 6.93. The number of nitrogens with zero attached hydrogens (tertiary/aromatic N) is 1. The second-order valence-electron chi connectivity index (χ2n) is 7.53. The topological polar surface area (TPSA) is 97.0 Å². The molecule has 156 valence electrons. The number of urea groups is 1. The molecule has 2 N–H and O–H groups in total. The highest BCUT2D eigenvalue weighted by atomic mass is 32.2. The molecule has 1 unspecified atom stereocenters. The number of likely N-dealkylation sites (tertiary alicyclic amines) is 1. The first-order valence-corrected chi connectivity index (χ1v) is 11.3. The Labute approximate surface area is 166 Å². The Hall–Kier alpha value is -1.84. The van der Waals surface area contributed by atoms with Gasteiger partial charge in [0, 0.05) is 31.2 Å². The summed E-state index contributed by atoms with van der Waals surface area (Å²) in [4.78, 5) is 14.2. The number of sulfonamides is 1. The van der Waals surface area contributed by atoms with Crippen LogP contribution in [0, 0.1) is 0 Å². The normalized spacial score (nSPS) is 21.1. The Morgan fingerprint density at radius 1 is 1.18 bits per heavy atom. The summed E-state index contributed by atoms with van der Waals surface area (Å²) in [5, 5.41) is 2.43. The van der Waals surface area contributed by atoms with E-state index in [9.17, 15) is 13.2 Å². The monoisotopic (exact) mass is 411 g/mol. The zero-order valence-corrected chi connectivity index (χ0v) is 17.2. The minimum atomic E-state index is -3.29. The second-order valence-corrected chi connectivity index (χ2v) is 9.80. The number of nitrogens with one attached hydrogen (secondary N) is 2. The summed E-state index contributed by atoms with van der Waals surface area (Å²) in [6, 6.07) is 7.00. The Kier molecular flexibility index (Phi) is 6.79. The van der Waals surface area contributed by atoms with Gasteiger partial charge in [0.15, 0.2) is 0 Å². The molecule has 2 aliphatic rings. The first-order chi connectivity index (χ1) is 13.3. The van der Waals surface area contributed by atoms with Gasteiger partial charge in [-0.2, -0.15) is 0 Å². The van der Waals surface area contributed by atoms with Crippen LogP contribution in [0.2, 0.25) is 0 Å². The third-order valence-electron chi connectivity index (χ3n) is 5.03. The number of benzene rings is 1. The van der Waals surface area contributed by atoms with Gasteiger partial charge in [-0.05, 0) is 51.0 Å². The standard InChI is InChI=1S/C19H29N3O5S/c1-14(2)28(24,25)21-16-7-10-22(11-8-16)19(23)20-15-3-5-17(6-4-15)27-18-9-12-26-13-18/h3-6,14,16,18,21H,7-13H2,1-2H3,(H,20,23). The van der Waals surface area contributed by atoms with Crippen molar-refractivity contribution in [3.8, 4) is 5.75 Å². The van der Waals surface area contributed by atoms with E-state index in [-0.39, 0.29) is 18.2 Å². The molecule has 0 bridgehead atoms. The Bertz CT molecular complexity index is 752. The highest BCUT2D eigenvalue weighted by Crippen LogP contribution is 2.20. The molecule has 2 fully saturated rings. The van der Waals surface area contributed by atoms with Crippen molar-refractivity contribution in [1.82, 2.24) is 9.62 Å². The van der Waals surface area contributed by atoms with E-state index in [1.807, 2.05) is 24.3 Å². The van der Waals surface area contributed by atoms with Gasteiger partial charge in [-0.1, -0.05) is 0 Å². The van der Waals surface area contributed by atoms with Gasteiger partial charge in [0.05, 0.1) is 18.5 Å². The Morgan fingerprint density at radius 2 is 1.86 bits per heavy atom. The fourth-order valence-electron chi connectivity index (χ4n) is 3.19. The minimum absolute atomic E-state index is 0.0925. The van der Waals surface area contributed by atoms with Crippen molar-refractivity contribution in [3.63, 3.8) is 0 Å². The molecule has 0 aromatic heterocycles. The van der Waals surface area contributed by atoms with Gasteiger partial charge in [-0.15, -0.1) is 0 Å². The first-order valence-electron chi connectivity index (χ1n) is 9.75. The van der Waals surface area contributed by atoms with E-state index in [0.717, 1.165) is 18.8 Å². The molecule has 1 aromatic carbocycles. The van der Waals surface area contributed by atoms with E-state index in [1.54, 1.807) is 18.7 Å². The molecule has 0 spiro atoms. The molecule has 2 heterocycles. The molecular weight excluding hydrogens is 382 g/mol. The lowest BCUT2D eigenvalue weighted by Gasteiger charge is -2.32. The molecule has 0 radical (unpaired) electrons. The molecule has 1 aromatic rings. The number of anilines is 1. The Balaban J connectivity index is 1.45. The van der Waals surface area contributed by atoms with E-state index in [0.29, 0.717) is 38.2 Å². The van der Waals surface area contributed by atoms with E-state index in [4.69, 9.17) is 9.47 Å². The average molecular weight is 412 g/mol. The summed E-state index contributed by atoms with van der Waals surface area (Å²) in [6.45, 7) is 5.68. The average Bonchev–Trinajstić information content (AvgIpc) is 3.16. The van der Waals surface area contributed by atoms with Crippen LogP contribution >= 0.6 is 0 Å². The van der Waals surface area contributed by atoms with Gasteiger partial charge in [0.2, 0.25) is 10.0 Å². The van der Waals surface area contributed by atoms with Crippen molar-refractivity contribution in [2.75, 3.05) is 31.6 Å². The number of hydrogen-bond donors (Lipinski definition) is 2. The summed E-state index contributed by atoms with van der Waals surface area (Å²) >= 11 is 0. The highest BCUT2D eigenvalue weighted by Gasteiger charge is 2.27. The molecule has 0 aliphatic carbocycles. The molecule has 28 heavy (non-hydrogen) atoms. The van der Waals surface area contributed by atoms with Crippen LogP contribution in [0.3, 0.4) is 0 Å². The SMILES string of the molecule is CC(C)S(=O)(=O)NC1CCN(C(=O)Nc2ccc(OC3CCOC3)cc2)CC1. The van der Waals surface area contributed by atoms with Crippen molar-refractivity contribution >= 4 is 21.7 Å². The van der Waals surface area contributed by atoms with E-state index >= 15 is 0 Å². The number of carbonyl (C=O) groups is 1. The van der Waals surface area contributed by atoms with Crippen LogP contribution in [0.4, 0.5) is 10.5 Å². The largest absolute Gasteiger partial charge is 0.488 e. The highest BCUT2D eigenvalue weighted by molar-refractivity contribution is 7.90. The number of hydrogen-bond acceptors (Lipinski definition) is 5. The van der Waals surface area contributed by atoms with Gasteiger partial charge >= 0.3 is 6.03 Å². The predicted octanol–water partition coefficient (Wildman–Crippen LogP) is 2.18. The summed E-state index contributed by atoms with van der Waals surface area (Å²) in [7, 11) is -3.29. The van der Waals surface area contributed by atoms with Crippen LogP contribution < -0.4 is 14.8 Å². The number of ether oxygens (including phenoxy) is 2. The third kappa shape index (κ3) is 5.59. The minimum Gasteiger partial charge on any atom is -0.488 e. The molecule has 1 atom stereocenters. The summed E-state index contributed by atoms with van der Waals surface area (Å²) in [5.41, 5.74) is 0.697. The summed E-state index contributed by atoms with van der Waals surface area (Å²) in [6.07, 6.45) is 2.20. The fourth-order valence-corrected chi connectivity index (χ4v) is 4.16.